The fraction of sp³-hybridized carbons (Fsp3) is 0.200. The number of likely N-dealkylation sites (tertiary alicyclic amines) is 1. The Morgan fingerprint density at radius 3 is 2.48 bits per heavy atom. The summed E-state index contributed by atoms with van der Waals surface area (Å²) in [5.41, 5.74) is 1.20. The molecule has 1 atom stereocenters. The van der Waals surface area contributed by atoms with Crippen LogP contribution >= 0.6 is 0 Å². The molecule has 3 aromatic rings. The van der Waals surface area contributed by atoms with Gasteiger partial charge in [0, 0.05) is 43.4 Å². The first-order valence-corrected chi connectivity index (χ1v) is 10.6. The summed E-state index contributed by atoms with van der Waals surface area (Å²) in [5.74, 6) is -0.910. The number of nitrogens with zero attached hydrogens (tertiary/aromatic N) is 4. The summed E-state index contributed by atoms with van der Waals surface area (Å²) in [6.45, 7) is 5.00. The number of ether oxygens (including phenoxy) is 1. The van der Waals surface area contributed by atoms with E-state index >= 15 is 0 Å². The van der Waals surface area contributed by atoms with Crippen molar-refractivity contribution >= 4 is 17.4 Å². The summed E-state index contributed by atoms with van der Waals surface area (Å²) in [5, 5.41) is 11.0. The molecule has 1 N–H and O–H groups in total. The predicted octanol–water partition coefficient (Wildman–Crippen LogP) is 3.35. The van der Waals surface area contributed by atoms with Crippen molar-refractivity contribution in [2.45, 2.75) is 19.0 Å². The summed E-state index contributed by atoms with van der Waals surface area (Å²) in [7, 11) is 0. The molecule has 8 heteroatoms. The van der Waals surface area contributed by atoms with Gasteiger partial charge < -0.3 is 19.3 Å². The smallest absolute Gasteiger partial charge is 0.295 e. The van der Waals surface area contributed by atoms with Crippen molar-refractivity contribution in [2.75, 3.05) is 13.2 Å². The third-order valence-corrected chi connectivity index (χ3v) is 5.43. The van der Waals surface area contributed by atoms with E-state index in [4.69, 9.17) is 4.74 Å². The molecule has 3 heterocycles. The average Bonchev–Trinajstić information content (AvgIpc) is 3.45. The van der Waals surface area contributed by atoms with Gasteiger partial charge in [-0.2, -0.15) is 0 Å². The van der Waals surface area contributed by atoms with Gasteiger partial charge in [0.1, 0.15) is 18.1 Å². The lowest BCUT2D eigenvalue weighted by molar-refractivity contribution is -0.139. The number of aliphatic hydroxyl groups excluding tert-OH is 1. The number of pyridine rings is 1. The molecule has 0 aliphatic carbocycles. The van der Waals surface area contributed by atoms with Gasteiger partial charge in [-0.3, -0.25) is 14.6 Å². The van der Waals surface area contributed by atoms with Gasteiger partial charge in [-0.1, -0.05) is 24.8 Å². The molecule has 1 saturated heterocycles. The first-order chi connectivity index (χ1) is 16.1. The fourth-order valence-electron chi connectivity index (χ4n) is 3.87. The second kappa shape index (κ2) is 9.95. The number of carbonyl (C=O) groups is 2. The molecule has 2 aromatic heterocycles. The van der Waals surface area contributed by atoms with E-state index in [1.807, 2.05) is 10.8 Å². The largest absolute Gasteiger partial charge is 0.507 e. The Kier molecular flexibility index (Phi) is 6.64. The number of aliphatic hydroxyl groups is 1. The number of carbonyl (C=O) groups excluding carboxylic acids is 2. The second-order valence-electron chi connectivity index (χ2n) is 7.55. The van der Waals surface area contributed by atoms with Crippen LogP contribution in [0, 0.1) is 0 Å². The van der Waals surface area contributed by atoms with Gasteiger partial charge in [-0.15, -0.1) is 0 Å². The highest BCUT2D eigenvalue weighted by molar-refractivity contribution is 6.46. The van der Waals surface area contributed by atoms with Crippen LogP contribution < -0.4 is 4.74 Å². The minimum Gasteiger partial charge on any atom is -0.507 e. The Hall–Kier alpha value is -4.20. The first-order valence-electron chi connectivity index (χ1n) is 10.6. The monoisotopic (exact) mass is 444 g/mol. The van der Waals surface area contributed by atoms with Gasteiger partial charge in [-0.25, -0.2) is 4.98 Å². The fourth-order valence-corrected chi connectivity index (χ4v) is 3.87. The van der Waals surface area contributed by atoms with Gasteiger partial charge in [0.2, 0.25) is 0 Å². The van der Waals surface area contributed by atoms with Crippen LogP contribution in [0.3, 0.4) is 0 Å². The molecule has 1 aliphatic heterocycles. The molecular formula is C25H24N4O4. The van der Waals surface area contributed by atoms with E-state index < -0.39 is 17.7 Å². The molecule has 1 fully saturated rings. The molecule has 0 radical (unpaired) electrons. The molecule has 0 saturated carbocycles. The van der Waals surface area contributed by atoms with Crippen LogP contribution in [0.4, 0.5) is 0 Å². The molecule has 0 bridgehead atoms. The molecule has 1 aromatic carbocycles. The number of imidazole rings is 1. The highest BCUT2D eigenvalue weighted by Gasteiger charge is 2.45. The Bertz CT molecular complexity index is 1150. The van der Waals surface area contributed by atoms with E-state index in [0.717, 1.165) is 0 Å². The molecule has 4 rings (SSSR count). The highest BCUT2D eigenvalue weighted by Crippen LogP contribution is 2.39. The number of ketones is 1. The normalized spacial score (nSPS) is 17.3. The summed E-state index contributed by atoms with van der Waals surface area (Å²) in [4.78, 5) is 35.5. The van der Waals surface area contributed by atoms with Crippen LogP contribution in [0.25, 0.3) is 5.76 Å². The zero-order valence-electron chi connectivity index (χ0n) is 18.0. The van der Waals surface area contributed by atoms with Gasteiger partial charge in [0.15, 0.2) is 0 Å². The van der Waals surface area contributed by atoms with Crippen molar-refractivity contribution in [3.63, 3.8) is 0 Å². The minimum atomic E-state index is -0.714. The van der Waals surface area contributed by atoms with Crippen LogP contribution in [0.15, 0.2) is 85.7 Å². The van der Waals surface area contributed by atoms with E-state index in [9.17, 15) is 14.7 Å². The Morgan fingerprint density at radius 2 is 1.82 bits per heavy atom. The van der Waals surface area contributed by atoms with Crippen LogP contribution in [0.2, 0.25) is 0 Å². The van der Waals surface area contributed by atoms with Gasteiger partial charge in [0.25, 0.3) is 11.7 Å². The molecular weight excluding hydrogens is 420 g/mol. The van der Waals surface area contributed by atoms with E-state index in [-0.39, 0.29) is 11.3 Å². The van der Waals surface area contributed by atoms with Crippen molar-refractivity contribution < 1.29 is 19.4 Å². The maximum Gasteiger partial charge on any atom is 0.295 e. The quantitative estimate of drug-likeness (QED) is 0.235. The SMILES string of the molecule is C=CCOc1ccc(C2/C(=C(\O)c3ccncc3)C(=O)C(=O)N2CCCn2ccnc2)cc1. The molecule has 33 heavy (non-hydrogen) atoms. The van der Waals surface area contributed by atoms with E-state index in [1.165, 1.54) is 17.3 Å². The predicted molar refractivity (Wildman–Crippen MR) is 122 cm³/mol. The van der Waals surface area contributed by atoms with Crippen molar-refractivity contribution in [1.29, 1.82) is 0 Å². The number of rotatable bonds is 9. The minimum absolute atomic E-state index is 0.0635. The number of hydrogen-bond acceptors (Lipinski definition) is 6. The van der Waals surface area contributed by atoms with Crippen LogP contribution in [0.5, 0.6) is 5.75 Å². The lowest BCUT2D eigenvalue weighted by Gasteiger charge is -2.25. The molecule has 1 unspecified atom stereocenters. The van der Waals surface area contributed by atoms with Gasteiger partial charge in [0.05, 0.1) is 17.9 Å². The van der Waals surface area contributed by atoms with Crippen LogP contribution in [0.1, 0.15) is 23.6 Å². The van der Waals surface area contributed by atoms with E-state index in [1.54, 1.807) is 55.0 Å². The summed E-state index contributed by atoms with van der Waals surface area (Å²) < 4.78 is 7.46. The maximum absolute atomic E-state index is 13.0. The summed E-state index contributed by atoms with van der Waals surface area (Å²) in [6.07, 6.45) is 10.6. The Labute approximate surface area is 191 Å². The third-order valence-electron chi connectivity index (χ3n) is 5.43. The van der Waals surface area contributed by atoms with Gasteiger partial charge in [-0.05, 0) is 36.2 Å². The van der Waals surface area contributed by atoms with Crippen molar-refractivity contribution in [1.82, 2.24) is 19.4 Å². The number of amides is 1. The zero-order valence-corrected chi connectivity index (χ0v) is 18.0. The average molecular weight is 444 g/mol. The van der Waals surface area contributed by atoms with E-state index in [0.29, 0.717) is 43.0 Å². The third kappa shape index (κ3) is 4.69. The molecule has 8 nitrogen and oxygen atoms in total. The number of aryl methyl sites for hydroxylation is 1. The number of hydrogen-bond donors (Lipinski definition) is 1. The first kappa shape index (κ1) is 22.0. The number of benzene rings is 1. The Balaban J connectivity index is 1.69. The van der Waals surface area contributed by atoms with Gasteiger partial charge >= 0.3 is 0 Å². The van der Waals surface area contributed by atoms with Crippen molar-refractivity contribution in [2.24, 2.45) is 0 Å². The number of Topliss-reactive ketones (excluding diaryl/α,β-unsaturated/α-hetero) is 1. The van der Waals surface area contributed by atoms with E-state index in [2.05, 4.69) is 16.5 Å². The van der Waals surface area contributed by atoms with Crippen molar-refractivity contribution in [3.8, 4) is 5.75 Å². The summed E-state index contributed by atoms with van der Waals surface area (Å²) in [6, 6.07) is 9.65. The van der Waals surface area contributed by atoms with Crippen LogP contribution in [-0.4, -0.2) is 49.4 Å². The number of aromatic nitrogens is 3. The molecule has 1 amide bonds. The molecule has 0 spiro atoms. The second-order valence-corrected chi connectivity index (χ2v) is 7.55. The molecule has 168 valence electrons. The lowest BCUT2D eigenvalue weighted by Crippen LogP contribution is -2.31. The highest BCUT2D eigenvalue weighted by atomic mass is 16.5. The molecule has 1 aliphatic rings. The van der Waals surface area contributed by atoms with Crippen molar-refractivity contribution in [3.05, 3.63) is 96.9 Å². The topological polar surface area (TPSA) is 97.5 Å². The summed E-state index contributed by atoms with van der Waals surface area (Å²) >= 11 is 0. The lowest BCUT2D eigenvalue weighted by atomic mass is 9.95. The maximum atomic E-state index is 13.0. The van der Waals surface area contributed by atoms with Crippen LogP contribution in [-0.2, 0) is 16.1 Å². The zero-order chi connectivity index (χ0) is 23.2. The standard InChI is InChI=1S/C25H24N4O4/c1-2-16-33-20-6-4-18(5-7-20)22-21(23(30)19-8-10-26-11-9-19)24(31)25(32)29(22)14-3-13-28-15-12-27-17-28/h2,4-12,15,17,22,30H,1,3,13-14,16H2/b23-21+. The Morgan fingerprint density at radius 1 is 1.06 bits per heavy atom.